The molecule has 4 rings (SSSR count). The predicted molar refractivity (Wildman–Crippen MR) is 106 cm³/mol. The summed E-state index contributed by atoms with van der Waals surface area (Å²) in [5.41, 5.74) is 1.55. The Morgan fingerprint density at radius 2 is 1.67 bits per heavy atom. The lowest BCUT2D eigenvalue weighted by Gasteiger charge is -2.27. The zero-order valence-corrected chi connectivity index (χ0v) is 16.4. The summed E-state index contributed by atoms with van der Waals surface area (Å²) in [7, 11) is 1.64. The Kier molecular flexibility index (Phi) is 5.43. The quantitative estimate of drug-likeness (QED) is 0.571. The van der Waals surface area contributed by atoms with Crippen LogP contribution in [0.5, 0.6) is 5.75 Å². The Morgan fingerprint density at radius 1 is 0.963 bits per heavy atom. The summed E-state index contributed by atoms with van der Waals surface area (Å²) in [4.78, 5) is 4.08. The fourth-order valence-corrected chi connectivity index (χ4v) is 4.26. The molecule has 5 nitrogen and oxygen atoms in total. The number of pyridine rings is 1. The molecule has 2 aromatic heterocycles. The molecule has 0 aliphatic heterocycles. The van der Waals surface area contributed by atoms with E-state index in [0.717, 1.165) is 42.0 Å². The highest BCUT2D eigenvalue weighted by Gasteiger charge is 2.30. The van der Waals surface area contributed by atoms with Crippen molar-refractivity contribution in [2.45, 2.75) is 37.9 Å². The van der Waals surface area contributed by atoms with Gasteiger partial charge in [0.1, 0.15) is 11.9 Å². The summed E-state index contributed by atoms with van der Waals surface area (Å²) in [6, 6.07) is 3.86. The molecule has 0 saturated heterocycles. The van der Waals surface area contributed by atoms with Crippen LogP contribution in [-0.2, 0) is 4.74 Å². The second-order valence-corrected chi connectivity index (χ2v) is 7.43. The fourth-order valence-electron chi connectivity index (χ4n) is 3.69. The van der Waals surface area contributed by atoms with Gasteiger partial charge in [0.05, 0.1) is 35.7 Å². The lowest BCUT2D eigenvalue weighted by molar-refractivity contribution is 0.0125. The maximum absolute atomic E-state index is 6.57. The molecule has 1 aliphatic carbocycles. The Morgan fingerprint density at radius 3 is 2.37 bits per heavy atom. The van der Waals surface area contributed by atoms with Crippen LogP contribution in [0, 0.1) is 0 Å². The summed E-state index contributed by atoms with van der Waals surface area (Å²) in [5.74, 6) is 0.697. The monoisotopic (exact) mass is 403 g/mol. The van der Waals surface area contributed by atoms with Crippen molar-refractivity contribution in [1.82, 2.24) is 15.2 Å². The van der Waals surface area contributed by atoms with Gasteiger partial charge in [-0.25, -0.2) is 0 Å². The van der Waals surface area contributed by atoms with Gasteiger partial charge in [0, 0.05) is 34.3 Å². The second-order valence-electron chi connectivity index (χ2n) is 6.61. The zero-order valence-electron chi connectivity index (χ0n) is 14.9. The van der Waals surface area contributed by atoms with Crippen molar-refractivity contribution in [2.75, 3.05) is 7.11 Å². The van der Waals surface area contributed by atoms with E-state index in [1.165, 1.54) is 0 Å². The number of hydrogen-bond donors (Lipinski definition) is 0. The molecule has 7 heteroatoms. The highest BCUT2D eigenvalue weighted by atomic mass is 35.5. The molecule has 140 valence electrons. The van der Waals surface area contributed by atoms with Crippen molar-refractivity contribution in [3.8, 4) is 5.75 Å². The molecule has 1 aliphatic rings. The number of benzene rings is 1. The molecular formula is C20H19Cl2N3O2. The number of halogens is 2. The van der Waals surface area contributed by atoms with E-state index in [4.69, 9.17) is 32.7 Å². The molecule has 1 atom stereocenters. The minimum absolute atomic E-state index is 0.144. The van der Waals surface area contributed by atoms with E-state index in [1.54, 1.807) is 31.9 Å². The van der Waals surface area contributed by atoms with Crippen molar-refractivity contribution in [3.05, 3.63) is 58.1 Å². The van der Waals surface area contributed by atoms with E-state index >= 15 is 0 Å². The molecule has 2 heterocycles. The van der Waals surface area contributed by atoms with Crippen LogP contribution in [0.1, 0.15) is 42.9 Å². The van der Waals surface area contributed by atoms with Gasteiger partial charge >= 0.3 is 0 Å². The van der Waals surface area contributed by atoms with Crippen molar-refractivity contribution in [1.29, 1.82) is 0 Å². The SMILES string of the molecule is COc1ccc2cnncc2c1C(OC1CCCC1)c1c(Cl)cncc1Cl. The molecule has 1 unspecified atom stereocenters. The van der Waals surface area contributed by atoms with Gasteiger partial charge in [-0.05, 0) is 25.0 Å². The maximum Gasteiger partial charge on any atom is 0.125 e. The summed E-state index contributed by atoms with van der Waals surface area (Å²) in [5, 5.41) is 10.8. The molecule has 1 aromatic carbocycles. The van der Waals surface area contributed by atoms with E-state index in [9.17, 15) is 0 Å². The zero-order chi connectivity index (χ0) is 18.8. The second kappa shape index (κ2) is 7.97. The smallest absolute Gasteiger partial charge is 0.125 e. The minimum atomic E-state index is -0.487. The Labute approximate surface area is 167 Å². The Hall–Kier alpha value is -1.95. The summed E-state index contributed by atoms with van der Waals surface area (Å²) in [6.07, 6.45) is 10.6. The molecule has 0 spiro atoms. The number of aromatic nitrogens is 3. The average molecular weight is 404 g/mol. The number of hydrogen-bond acceptors (Lipinski definition) is 5. The van der Waals surface area contributed by atoms with Crippen molar-refractivity contribution in [3.63, 3.8) is 0 Å². The topological polar surface area (TPSA) is 57.1 Å². The molecule has 0 bridgehead atoms. The predicted octanol–water partition coefficient (Wildman–Crippen LogP) is 5.39. The van der Waals surface area contributed by atoms with E-state index < -0.39 is 6.10 Å². The minimum Gasteiger partial charge on any atom is -0.496 e. The summed E-state index contributed by atoms with van der Waals surface area (Å²) in [6.45, 7) is 0. The molecule has 0 amide bonds. The molecule has 1 saturated carbocycles. The highest BCUT2D eigenvalue weighted by molar-refractivity contribution is 6.35. The van der Waals surface area contributed by atoms with Gasteiger partial charge in [0.25, 0.3) is 0 Å². The van der Waals surface area contributed by atoms with E-state index in [2.05, 4.69) is 15.2 Å². The Balaban J connectivity index is 1.94. The molecule has 0 radical (unpaired) electrons. The lowest BCUT2D eigenvalue weighted by atomic mass is 9.96. The van der Waals surface area contributed by atoms with Gasteiger partial charge in [-0.2, -0.15) is 10.2 Å². The van der Waals surface area contributed by atoms with Crippen LogP contribution in [0.2, 0.25) is 10.0 Å². The van der Waals surface area contributed by atoms with Gasteiger partial charge in [0.15, 0.2) is 0 Å². The van der Waals surface area contributed by atoms with Crippen LogP contribution in [0.4, 0.5) is 0 Å². The van der Waals surface area contributed by atoms with Crippen molar-refractivity contribution in [2.24, 2.45) is 0 Å². The lowest BCUT2D eigenvalue weighted by Crippen LogP contribution is -2.17. The van der Waals surface area contributed by atoms with Crippen LogP contribution in [0.25, 0.3) is 10.8 Å². The first-order valence-electron chi connectivity index (χ1n) is 8.90. The van der Waals surface area contributed by atoms with Crippen LogP contribution in [0.3, 0.4) is 0 Å². The molecule has 0 N–H and O–H groups in total. The van der Waals surface area contributed by atoms with Gasteiger partial charge in [-0.1, -0.05) is 36.0 Å². The van der Waals surface area contributed by atoms with Crippen LogP contribution in [-0.4, -0.2) is 28.4 Å². The number of nitrogens with zero attached hydrogens (tertiary/aromatic N) is 3. The van der Waals surface area contributed by atoms with E-state index in [1.807, 2.05) is 12.1 Å². The first-order valence-corrected chi connectivity index (χ1v) is 9.66. The van der Waals surface area contributed by atoms with Crippen molar-refractivity contribution < 1.29 is 9.47 Å². The van der Waals surface area contributed by atoms with Crippen LogP contribution < -0.4 is 4.74 Å². The third kappa shape index (κ3) is 3.59. The molecule has 3 aromatic rings. The first kappa shape index (κ1) is 18.4. The number of ether oxygens (including phenoxy) is 2. The van der Waals surface area contributed by atoms with Gasteiger partial charge in [-0.15, -0.1) is 0 Å². The molecular weight excluding hydrogens is 385 g/mol. The van der Waals surface area contributed by atoms with Crippen LogP contribution >= 0.6 is 23.2 Å². The maximum atomic E-state index is 6.57. The van der Waals surface area contributed by atoms with Crippen molar-refractivity contribution >= 4 is 34.0 Å². The highest BCUT2D eigenvalue weighted by Crippen LogP contribution is 2.44. The Bertz CT molecular complexity index is 941. The molecule has 1 fully saturated rings. The fraction of sp³-hybridized carbons (Fsp3) is 0.350. The third-order valence-electron chi connectivity index (χ3n) is 5.00. The van der Waals surface area contributed by atoms with Gasteiger partial charge in [-0.3, -0.25) is 4.98 Å². The largest absolute Gasteiger partial charge is 0.496 e. The first-order chi connectivity index (χ1) is 13.2. The van der Waals surface area contributed by atoms with Gasteiger partial charge < -0.3 is 9.47 Å². The third-order valence-corrected chi connectivity index (χ3v) is 5.60. The summed E-state index contributed by atoms with van der Waals surface area (Å²) < 4.78 is 12.2. The van der Waals surface area contributed by atoms with E-state index in [0.29, 0.717) is 21.4 Å². The van der Waals surface area contributed by atoms with E-state index in [-0.39, 0.29) is 6.10 Å². The van der Waals surface area contributed by atoms with Gasteiger partial charge in [0.2, 0.25) is 0 Å². The van der Waals surface area contributed by atoms with Crippen LogP contribution in [0.15, 0.2) is 36.9 Å². The number of rotatable bonds is 5. The molecule has 27 heavy (non-hydrogen) atoms. The normalized spacial score (nSPS) is 16.0. The summed E-state index contributed by atoms with van der Waals surface area (Å²) >= 11 is 13.0. The number of methoxy groups -OCH3 is 1. The average Bonchev–Trinajstić information content (AvgIpc) is 3.19. The number of fused-ring (bicyclic) bond motifs is 1. The standard InChI is InChI=1S/C20H19Cl2N3O2/c1-26-17-7-6-12-8-24-25-9-14(12)18(17)20(27-13-4-2-3-5-13)19-15(21)10-23-11-16(19)22/h6-11,13,20H,2-5H2,1H3.